The van der Waals surface area contributed by atoms with Crippen molar-refractivity contribution in [3.8, 4) is 0 Å². The maximum absolute atomic E-state index is 14.4. The summed E-state index contributed by atoms with van der Waals surface area (Å²) in [6.07, 6.45) is 4.18. The van der Waals surface area contributed by atoms with Crippen molar-refractivity contribution in [2.45, 2.75) is 37.5 Å². The summed E-state index contributed by atoms with van der Waals surface area (Å²) in [5.41, 5.74) is 5.55. The van der Waals surface area contributed by atoms with Crippen molar-refractivity contribution in [2.24, 2.45) is 10.1 Å². The number of ketones is 1. The van der Waals surface area contributed by atoms with Gasteiger partial charge in [0, 0.05) is 6.42 Å². The first-order valence-electron chi connectivity index (χ1n) is 15.8. The third kappa shape index (κ3) is 9.52. The van der Waals surface area contributed by atoms with Gasteiger partial charge in [-0.3, -0.25) is 25.2 Å². The summed E-state index contributed by atoms with van der Waals surface area (Å²) >= 11 is 6.47. The number of unbranched alkanes of at least 4 members (excludes halogenated alkanes) is 2. The summed E-state index contributed by atoms with van der Waals surface area (Å²) in [5, 5.41) is 17.0. The minimum atomic E-state index is -5.17. The molecular weight excluding hydrogens is 778 g/mol. The van der Waals surface area contributed by atoms with Gasteiger partial charge in [-0.15, -0.1) is 0 Å². The van der Waals surface area contributed by atoms with E-state index in [-0.39, 0.29) is 87.0 Å². The number of hydrogen-bond donors (Lipinski definition) is 3. The molecule has 5 aromatic rings. The molecule has 1 aliphatic carbocycles. The Kier molecular flexibility index (Phi) is 14.5. The SMILES string of the molecule is CCCCCc1nc2ccc3c(c2n1Nc1ccccc1Cl)C(=O)/C(=N/Nc1cc(N=C([O-])c2ccccc2)ccc1S(=O)(=O)[O-])C(S(=O)(=O)O)=C3.[Na+].[Na+]. The summed E-state index contributed by atoms with van der Waals surface area (Å²) in [6.45, 7) is 2.05. The fourth-order valence-electron chi connectivity index (χ4n) is 5.60. The number of hydrogen-bond acceptors (Lipinski definition) is 12. The van der Waals surface area contributed by atoms with Gasteiger partial charge in [0.15, 0.2) is 5.71 Å². The minimum absolute atomic E-state index is 0. The number of aromatic nitrogens is 2. The number of halogens is 1. The fraction of sp³-hybridized carbons (Fsp3) is 0.143. The average Bonchev–Trinajstić information content (AvgIpc) is 3.45. The van der Waals surface area contributed by atoms with Crippen molar-refractivity contribution in [1.82, 2.24) is 9.66 Å². The Bertz CT molecular complexity index is 2550. The molecule has 0 spiro atoms. The van der Waals surface area contributed by atoms with Crippen LogP contribution in [0.3, 0.4) is 0 Å². The number of benzene rings is 4. The van der Waals surface area contributed by atoms with Crippen LogP contribution in [0.5, 0.6) is 0 Å². The molecule has 268 valence electrons. The molecule has 0 bridgehead atoms. The van der Waals surface area contributed by atoms with Gasteiger partial charge in [0.1, 0.15) is 26.4 Å². The number of nitrogens with zero attached hydrogens (tertiary/aromatic N) is 4. The largest absolute Gasteiger partial charge is 1.00 e. The number of hydrazone groups is 1. The van der Waals surface area contributed by atoms with Crippen LogP contribution >= 0.6 is 11.6 Å². The Morgan fingerprint density at radius 3 is 2.31 bits per heavy atom. The maximum Gasteiger partial charge on any atom is 1.00 e. The van der Waals surface area contributed by atoms with Crippen LogP contribution < -0.4 is 75.1 Å². The van der Waals surface area contributed by atoms with E-state index in [2.05, 4.69) is 27.9 Å². The van der Waals surface area contributed by atoms with Crippen molar-refractivity contribution in [3.05, 3.63) is 117 Å². The van der Waals surface area contributed by atoms with Crippen LogP contribution in [-0.4, -0.2) is 53.0 Å². The average molecular weight is 807 g/mol. The van der Waals surface area contributed by atoms with Gasteiger partial charge in [-0.25, -0.2) is 18.1 Å². The number of para-hydroxylation sites is 1. The molecule has 19 heteroatoms. The van der Waals surface area contributed by atoms with Crippen molar-refractivity contribution in [1.29, 1.82) is 0 Å². The van der Waals surface area contributed by atoms with Gasteiger partial charge >= 0.3 is 59.1 Å². The van der Waals surface area contributed by atoms with E-state index < -0.39 is 53.1 Å². The zero-order valence-electron chi connectivity index (χ0n) is 29.3. The van der Waals surface area contributed by atoms with Gasteiger partial charge in [0.2, 0.25) is 5.78 Å². The topological polar surface area (TPSA) is 218 Å². The number of imidazole rings is 1. The van der Waals surface area contributed by atoms with Crippen LogP contribution in [0, 0.1) is 0 Å². The molecular formula is C35H29ClN6Na2O8S2. The molecule has 1 heterocycles. The Hall–Kier alpha value is -3.39. The first-order chi connectivity index (χ1) is 24.8. The number of anilines is 2. The molecule has 54 heavy (non-hydrogen) atoms. The minimum Gasteiger partial charge on any atom is -0.858 e. The summed E-state index contributed by atoms with van der Waals surface area (Å²) in [6, 6.07) is 21.0. The van der Waals surface area contributed by atoms with Crippen molar-refractivity contribution in [3.63, 3.8) is 0 Å². The summed E-state index contributed by atoms with van der Waals surface area (Å²) in [7, 11) is -10.3. The Balaban J connectivity index is 0.00000325. The predicted octanol–water partition coefficient (Wildman–Crippen LogP) is -0.459. The van der Waals surface area contributed by atoms with Crippen LogP contribution in [0.4, 0.5) is 17.1 Å². The number of aliphatic imine (C=N–C) groups is 1. The first-order valence-corrected chi connectivity index (χ1v) is 19.0. The van der Waals surface area contributed by atoms with Crippen molar-refractivity contribution < 1.29 is 95.0 Å². The molecule has 3 N–H and O–H groups in total. The predicted molar refractivity (Wildman–Crippen MR) is 195 cm³/mol. The number of carbonyl (C=O) groups is 1. The first kappa shape index (κ1) is 43.3. The molecule has 0 saturated heterocycles. The Labute approximate surface area is 360 Å². The van der Waals surface area contributed by atoms with E-state index >= 15 is 0 Å². The number of aryl methyl sites for hydroxylation is 1. The van der Waals surface area contributed by atoms with E-state index in [1.165, 1.54) is 18.2 Å². The third-order valence-corrected chi connectivity index (χ3v) is 10.1. The molecule has 0 amide bonds. The van der Waals surface area contributed by atoms with Gasteiger partial charge in [-0.1, -0.05) is 79.9 Å². The molecule has 0 atom stereocenters. The molecule has 1 aromatic heterocycles. The molecule has 0 unspecified atom stereocenters. The fourth-order valence-corrected chi connectivity index (χ4v) is 7.04. The van der Waals surface area contributed by atoms with Crippen LogP contribution in [0.1, 0.15) is 53.5 Å². The van der Waals surface area contributed by atoms with E-state index in [0.29, 0.717) is 28.5 Å². The number of allylic oxidation sites excluding steroid dienone is 1. The number of Topliss-reactive ketones (excluding diaryl/α,β-unsaturated/α-hetero) is 1. The second kappa shape index (κ2) is 18.0. The van der Waals surface area contributed by atoms with Gasteiger partial charge in [0.25, 0.3) is 10.1 Å². The molecule has 0 saturated carbocycles. The van der Waals surface area contributed by atoms with E-state index in [9.17, 15) is 35.8 Å². The van der Waals surface area contributed by atoms with Gasteiger partial charge in [-0.05, 0) is 65.9 Å². The zero-order chi connectivity index (χ0) is 37.2. The molecule has 4 aromatic carbocycles. The van der Waals surface area contributed by atoms with E-state index in [4.69, 9.17) is 16.6 Å². The van der Waals surface area contributed by atoms with Gasteiger partial charge in [-0.2, -0.15) is 13.5 Å². The third-order valence-electron chi connectivity index (χ3n) is 8.04. The van der Waals surface area contributed by atoms with Gasteiger partial charge < -0.3 is 9.66 Å². The Morgan fingerprint density at radius 1 is 0.944 bits per heavy atom. The standard InChI is InChI=1S/C35H31ClN6O8S2.2Na/c1-2-3-5-14-30-38-26-17-15-22-19-29(52(48,49)50)32(34(43)31(22)33(26)42(30)41-25-13-9-8-12-24(25)36)40-39-27-20-23(16-18-28(27)51(45,46)47)37-35(44)21-10-6-4-7-11-21;;/h4,6-13,15-20,39,41H,2-3,5,14H2,1H3,(H,37,44)(H,45,46,47)(H,48,49,50);;/q;2*+1/p-2/b40-32+;;. The zero-order valence-corrected chi connectivity index (χ0v) is 35.7. The van der Waals surface area contributed by atoms with Crippen molar-refractivity contribution >= 4 is 83.4 Å². The number of carbonyl (C=O) groups excluding carboxylic acids is 1. The van der Waals surface area contributed by atoms with Gasteiger partial charge in [0.05, 0.1) is 38.1 Å². The monoisotopic (exact) mass is 806 g/mol. The summed E-state index contributed by atoms with van der Waals surface area (Å²) < 4.78 is 73.6. The molecule has 0 aliphatic heterocycles. The van der Waals surface area contributed by atoms with E-state index in [1.807, 2.05) is 0 Å². The number of rotatable bonds is 12. The van der Waals surface area contributed by atoms with Crippen LogP contribution in [0.25, 0.3) is 17.1 Å². The molecule has 0 radical (unpaired) electrons. The second-order valence-corrected chi connectivity index (χ2v) is 14.8. The quantitative estimate of drug-likeness (QED) is 0.0366. The smallest absolute Gasteiger partial charge is 0.858 e. The molecule has 0 fully saturated rings. The van der Waals surface area contributed by atoms with E-state index in [0.717, 1.165) is 43.5 Å². The van der Waals surface area contributed by atoms with Crippen molar-refractivity contribution in [2.75, 3.05) is 10.9 Å². The molecule has 6 rings (SSSR count). The summed E-state index contributed by atoms with van der Waals surface area (Å²) in [5.74, 6) is -1.09. The van der Waals surface area contributed by atoms with E-state index in [1.54, 1.807) is 53.2 Å². The molecule has 14 nitrogen and oxygen atoms in total. The second-order valence-electron chi connectivity index (χ2n) is 11.6. The number of fused-ring (bicyclic) bond motifs is 3. The Morgan fingerprint density at radius 2 is 1.65 bits per heavy atom. The maximum atomic E-state index is 14.4. The summed E-state index contributed by atoms with van der Waals surface area (Å²) in [4.78, 5) is 21.4. The molecule has 1 aliphatic rings. The normalized spacial score (nSPS) is 13.9. The van der Waals surface area contributed by atoms with Crippen LogP contribution in [-0.2, 0) is 26.7 Å². The van der Waals surface area contributed by atoms with Crippen LogP contribution in [0.15, 0.2) is 105 Å². The van der Waals surface area contributed by atoms with Crippen LogP contribution in [0.2, 0.25) is 5.02 Å². The number of nitrogens with one attached hydrogen (secondary N) is 2.